The molecule has 1 heterocycles. The number of nitrogens with two attached hydrogens (primary N) is 1. The van der Waals surface area contributed by atoms with E-state index < -0.39 is 0 Å². The van der Waals surface area contributed by atoms with E-state index >= 15 is 0 Å². The van der Waals surface area contributed by atoms with E-state index in [9.17, 15) is 0 Å². The molecule has 12 heavy (non-hydrogen) atoms. The summed E-state index contributed by atoms with van der Waals surface area (Å²) >= 11 is 8.26. The van der Waals surface area contributed by atoms with Crippen LogP contribution in [0.1, 0.15) is 0 Å². The van der Waals surface area contributed by atoms with Crippen molar-refractivity contribution in [3.63, 3.8) is 0 Å². The van der Waals surface area contributed by atoms with Crippen LogP contribution in [0.5, 0.6) is 0 Å². The average molecular weight is 257 g/mol. The molecule has 0 spiro atoms. The maximum Gasteiger partial charge on any atom is 2.00 e. The summed E-state index contributed by atoms with van der Waals surface area (Å²) in [4.78, 5) is 2.30. The number of piperazine rings is 1. The van der Waals surface area contributed by atoms with E-state index in [4.69, 9.17) is 0 Å². The van der Waals surface area contributed by atoms with Gasteiger partial charge in [-0.3, -0.25) is 0 Å². The minimum absolute atomic E-state index is 0. The van der Waals surface area contributed by atoms with Gasteiger partial charge in [0.25, 0.3) is 0 Å². The van der Waals surface area contributed by atoms with Crippen molar-refractivity contribution in [2.75, 3.05) is 33.2 Å². The Kier molecular flexibility index (Phi) is 12.3. The first-order valence-electron chi connectivity index (χ1n) is 3.41. The van der Waals surface area contributed by atoms with Crippen molar-refractivity contribution in [2.24, 2.45) is 5.73 Å². The van der Waals surface area contributed by atoms with E-state index in [1.54, 1.807) is 0 Å². The second-order valence-corrected chi connectivity index (χ2v) is 3.43. The van der Waals surface area contributed by atoms with Crippen molar-refractivity contribution in [2.45, 2.75) is 0 Å². The van der Waals surface area contributed by atoms with Gasteiger partial charge in [0.2, 0.25) is 0 Å². The molecule has 1 aliphatic rings. The fraction of sp³-hybridized carbons (Fsp3) is 0.833. The van der Waals surface area contributed by atoms with Gasteiger partial charge >= 0.3 is 19.5 Å². The third kappa shape index (κ3) is 13.3. The zero-order valence-corrected chi connectivity index (χ0v) is 11.9. The van der Waals surface area contributed by atoms with Gasteiger partial charge in [0.05, 0.1) is 0 Å². The Morgan fingerprint density at radius 3 is 2.00 bits per heavy atom. The molecule has 0 atom stereocenters. The molecule has 0 saturated carbocycles. The van der Waals surface area contributed by atoms with Gasteiger partial charge in [-0.25, -0.2) is 0 Å². The summed E-state index contributed by atoms with van der Waals surface area (Å²) in [5.74, 6) is 0. The fourth-order valence-corrected chi connectivity index (χ4v) is 0.706. The van der Waals surface area contributed by atoms with Crippen molar-refractivity contribution in [1.29, 1.82) is 0 Å². The minimum atomic E-state index is 0. The molecule has 3 nitrogen and oxygen atoms in total. The third-order valence-corrected chi connectivity index (χ3v) is 1.28. The van der Waals surface area contributed by atoms with Crippen LogP contribution in [-0.2, 0) is 32.1 Å². The number of likely N-dealkylation sites (N-methyl/N-ethyl adjacent to an activating group) is 1. The summed E-state index contributed by atoms with van der Waals surface area (Å²) < 4.78 is 0.0833. The molecule has 0 radical (unpaired) electrons. The Labute approximate surface area is 97.6 Å². The van der Waals surface area contributed by atoms with E-state index in [1.807, 2.05) is 0 Å². The van der Waals surface area contributed by atoms with Gasteiger partial charge in [-0.05, 0) is 20.1 Å². The molecule has 1 fully saturated rings. The smallest absolute Gasteiger partial charge is 0.660 e. The quantitative estimate of drug-likeness (QED) is 0.379. The van der Waals surface area contributed by atoms with Crippen LogP contribution >= 0.6 is 12.2 Å². The van der Waals surface area contributed by atoms with Crippen LogP contribution in [0.4, 0.5) is 0 Å². The first-order chi connectivity index (χ1) is 5.13. The second kappa shape index (κ2) is 9.74. The average Bonchev–Trinajstić information content (AvgIpc) is 1.87. The Balaban J connectivity index is 0. The van der Waals surface area contributed by atoms with Crippen molar-refractivity contribution in [3.8, 4) is 0 Å². The molecule has 0 aromatic heterocycles. The fourth-order valence-electron chi connectivity index (χ4n) is 0.706. The van der Waals surface area contributed by atoms with Crippen molar-refractivity contribution < 1.29 is 19.5 Å². The first kappa shape index (κ1) is 15.1. The molecule has 1 saturated heterocycles. The summed E-state index contributed by atoms with van der Waals surface area (Å²) in [5.41, 5.74) is 4.66. The van der Waals surface area contributed by atoms with Crippen molar-refractivity contribution in [3.05, 3.63) is 5.32 Å². The summed E-state index contributed by atoms with van der Waals surface area (Å²) in [5, 5.41) is 4.19. The van der Waals surface area contributed by atoms with Crippen LogP contribution in [0.15, 0.2) is 0 Å². The van der Waals surface area contributed by atoms with Crippen LogP contribution in [-0.4, -0.2) is 42.4 Å². The van der Waals surface area contributed by atoms with E-state index in [0.29, 0.717) is 0 Å². The molecule has 0 aromatic carbocycles. The van der Waals surface area contributed by atoms with Gasteiger partial charge in [-0.1, -0.05) is 4.32 Å². The van der Waals surface area contributed by atoms with Crippen LogP contribution in [0, 0.1) is 0 Å². The summed E-state index contributed by atoms with van der Waals surface area (Å²) in [7, 11) is 2.13. The molecular weight excluding hydrogens is 244 g/mol. The number of hydrogen-bond acceptors (Lipinski definition) is 3. The molecule has 1 aliphatic heterocycles. The predicted octanol–water partition coefficient (Wildman–Crippen LogP) is 0.0799. The van der Waals surface area contributed by atoms with E-state index in [1.165, 1.54) is 0 Å². The Morgan fingerprint density at radius 2 is 1.83 bits per heavy atom. The summed E-state index contributed by atoms with van der Waals surface area (Å²) in [6.45, 7) is 4.38. The van der Waals surface area contributed by atoms with Gasteiger partial charge in [0.15, 0.2) is 0 Å². The molecule has 66 valence electrons. The Morgan fingerprint density at radius 1 is 1.50 bits per heavy atom. The number of thiocarbonyl (C=S) groups is 1. The topological polar surface area (TPSA) is 43.4 Å². The second-order valence-electron chi connectivity index (χ2n) is 2.29. The zero-order valence-electron chi connectivity index (χ0n) is 7.32. The number of hydrogen-bond donors (Lipinski definition) is 1. The molecule has 0 aliphatic carbocycles. The number of nitrogens with zero attached hydrogens (tertiary/aromatic N) is 2. The molecule has 6 heteroatoms. The standard InChI is InChI=1S/C5H11N2.CH3NS2.Zn/c1-7-4-2-6-3-5-7;2-1(3)4;/h2-5H2,1H3;(H3,2,3,4);/q-1;;+2/p-1. The summed E-state index contributed by atoms with van der Waals surface area (Å²) in [6.07, 6.45) is 0. The normalized spacial score (nSPS) is 16.8. The van der Waals surface area contributed by atoms with Gasteiger partial charge in [-0.2, -0.15) is 0 Å². The van der Waals surface area contributed by atoms with Crippen LogP contribution in [0.2, 0.25) is 0 Å². The van der Waals surface area contributed by atoms with Gasteiger partial charge in [0.1, 0.15) is 0 Å². The molecular formula is C6H13N3S2Zn. The molecule has 0 amide bonds. The first-order valence-corrected chi connectivity index (χ1v) is 4.23. The van der Waals surface area contributed by atoms with E-state index in [-0.39, 0.29) is 23.8 Å². The molecule has 0 bridgehead atoms. The molecule has 2 N–H and O–H groups in total. The van der Waals surface area contributed by atoms with Gasteiger partial charge < -0.3 is 40.8 Å². The third-order valence-electron chi connectivity index (χ3n) is 1.28. The number of rotatable bonds is 0. The van der Waals surface area contributed by atoms with Crippen LogP contribution in [0.3, 0.4) is 0 Å². The largest absolute Gasteiger partial charge is 2.00 e. The van der Waals surface area contributed by atoms with Gasteiger partial charge in [0, 0.05) is 0 Å². The Hall–Kier alpha value is 0.653. The van der Waals surface area contributed by atoms with Gasteiger partial charge in [-0.15, -0.1) is 13.1 Å². The Bertz CT molecular complexity index is 113. The van der Waals surface area contributed by atoms with Crippen molar-refractivity contribution >= 4 is 29.2 Å². The molecule has 0 aromatic rings. The SMILES string of the molecule is CN1CC[N-]CC1.NC(=S)[S-].[Zn+2]. The molecule has 1 rings (SSSR count). The molecule has 0 unspecified atom stereocenters. The van der Waals surface area contributed by atoms with Crippen LogP contribution < -0.4 is 5.73 Å². The maximum absolute atomic E-state index is 4.66. The maximum atomic E-state index is 4.66. The minimum Gasteiger partial charge on any atom is -0.660 e. The predicted molar refractivity (Wildman–Crippen MR) is 54.7 cm³/mol. The van der Waals surface area contributed by atoms with E-state index in [2.05, 4.69) is 47.8 Å². The van der Waals surface area contributed by atoms with Crippen molar-refractivity contribution in [1.82, 2.24) is 4.90 Å². The van der Waals surface area contributed by atoms with E-state index in [0.717, 1.165) is 26.2 Å². The summed E-state index contributed by atoms with van der Waals surface area (Å²) in [6, 6.07) is 0. The van der Waals surface area contributed by atoms with Crippen LogP contribution in [0.25, 0.3) is 5.32 Å². The monoisotopic (exact) mass is 255 g/mol. The zero-order chi connectivity index (χ0) is 8.69.